The molecule has 88 heavy (non-hydrogen) atoms. The minimum atomic E-state index is -4.95. The summed E-state index contributed by atoms with van der Waals surface area (Å²) >= 11 is 0. The second-order valence-corrected chi connectivity index (χ2v) is 29.3. The molecule has 0 heterocycles. The Morgan fingerprint density at radius 2 is 0.523 bits per heavy atom. The van der Waals surface area contributed by atoms with Gasteiger partial charge in [0.2, 0.25) is 0 Å². The van der Waals surface area contributed by atoms with Crippen LogP contribution >= 0.6 is 15.6 Å². The van der Waals surface area contributed by atoms with Gasteiger partial charge in [-0.05, 0) is 43.4 Å². The standard InChI is InChI=1S/C69H134O17P2/c1-8-9-10-11-12-29-36-43-50-66(71)79-56-64(86-69(74)53-46-39-32-25-24-28-35-42-49-62(6)7)58-83-87(75,76)81-54-63(70)55-82-88(77,78)84-59-65(57-80-67(72)51-44-37-30-22-19-18-21-27-34-41-48-61(4)5)85-68(73)52-45-38-31-23-17-15-13-14-16-20-26-33-40-47-60(2)3/h60-65,70H,8-59H2,1-7H3,(H,75,76)(H,77,78)/t63-,64+,65+/m0/s1. The van der Waals surface area contributed by atoms with Gasteiger partial charge in [0.1, 0.15) is 19.3 Å². The summed E-state index contributed by atoms with van der Waals surface area (Å²) in [4.78, 5) is 72.4. The number of carbonyl (C=O) groups excluding carboxylic acids is 4. The number of rotatable bonds is 67. The molecule has 0 bridgehead atoms. The highest BCUT2D eigenvalue weighted by atomic mass is 31.2. The molecule has 0 aliphatic rings. The van der Waals surface area contributed by atoms with Crippen LogP contribution in [0.4, 0.5) is 0 Å². The first-order valence-electron chi connectivity index (χ1n) is 35.8. The summed E-state index contributed by atoms with van der Waals surface area (Å²) in [7, 11) is -9.90. The Kier molecular flexibility index (Phi) is 58.7. The quantitative estimate of drug-likeness (QED) is 0.0222. The number of esters is 4. The van der Waals surface area contributed by atoms with Crippen LogP contribution in [0.2, 0.25) is 0 Å². The van der Waals surface area contributed by atoms with Crippen molar-refractivity contribution in [3.8, 4) is 0 Å². The van der Waals surface area contributed by atoms with Crippen molar-refractivity contribution in [3.63, 3.8) is 0 Å². The third kappa shape index (κ3) is 62.8. The Bertz CT molecular complexity index is 1730. The highest BCUT2D eigenvalue weighted by molar-refractivity contribution is 7.47. The molecule has 0 amide bonds. The molecule has 0 radical (unpaired) electrons. The number of aliphatic hydroxyl groups is 1. The fourth-order valence-electron chi connectivity index (χ4n) is 10.4. The van der Waals surface area contributed by atoms with Crippen molar-refractivity contribution in [2.75, 3.05) is 39.6 Å². The number of phosphoric acid groups is 2. The van der Waals surface area contributed by atoms with Gasteiger partial charge in [0, 0.05) is 25.7 Å². The molecular formula is C69H134O17P2. The highest BCUT2D eigenvalue weighted by Gasteiger charge is 2.30. The zero-order chi connectivity index (χ0) is 65.2. The monoisotopic (exact) mass is 1300 g/mol. The lowest BCUT2D eigenvalue weighted by molar-refractivity contribution is -0.161. The molecule has 3 N–H and O–H groups in total. The van der Waals surface area contributed by atoms with Gasteiger partial charge in [-0.1, -0.05) is 292 Å². The normalized spacial score (nSPS) is 14.2. The second kappa shape index (κ2) is 60.0. The first-order chi connectivity index (χ1) is 42.2. The lowest BCUT2D eigenvalue weighted by atomic mass is 10.0. The summed E-state index contributed by atoms with van der Waals surface area (Å²) < 4.78 is 68.2. The van der Waals surface area contributed by atoms with Gasteiger partial charge in [-0.2, -0.15) is 0 Å². The molecule has 17 nitrogen and oxygen atoms in total. The molecule has 2 unspecified atom stereocenters. The average molecular weight is 1300 g/mol. The number of carbonyl (C=O) groups is 4. The predicted octanol–water partition coefficient (Wildman–Crippen LogP) is 19.5. The van der Waals surface area contributed by atoms with Crippen molar-refractivity contribution in [3.05, 3.63) is 0 Å². The second-order valence-electron chi connectivity index (χ2n) is 26.3. The Morgan fingerprint density at radius 1 is 0.307 bits per heavy atom. The minimum absolute atomic E-state index is 0.104. The summed E-state index contributed by atoms with van der Waals surface area (Å²) in [6.45, 7) is 11.8. The molecule has 0 aliphatic carbocycles. The van der Waals surface area contributed by atoms with Gasteiger partial charge >= 0.3 is 39.5 Å². The zero-order valence-electron chi connectivity index (χ0n) is 57.2. The van der Waals surface area contributed by atoms with Crippen molar-refractivity contribution in [2.24, 2.45) is 17.8 Å². The highest BCUT2D eigenvalue weighted by Crippen LogP contribution is 2.45. The van der Waals surface area contributed by atoms with Gasteiger partial charge in [0.15, 0.2) is 12.2 Å². The van der Waals surface area contributed by atoms with E-state index in [0.29, 0.717) is 25.7 Å². The van der Waals surface area contributed by atoms with Crippen LogP contribution in [0.15, 0.2) is 0 Å². The lowest BCUT2D eigenvalue weighted by Crippen LogP contribution is -2.30. The van der Waals surface area contributed by atoms with Crippen LogP contribution in [0.25, 0.3) is 0 Å². The summed E-state index contributed by atoms with van der Waals surface area (Å²) in [6.07, 6.45) is 43.1. The molecule has 0 spiro atoms. The molecule has 0 saturated carbocycles. The van der Waals surface area contributed by atoms with Gasteiger partial charge < -0.3 is 33.8 Å². The maximum atomic E-state index is 13.0. The third-order valence-electron chi connectivity index (χ3n) is 15.9. The molecule has 0 fully saturated rings. The number of aliphatic hydroxyl groups excluding tert-OH is 1. The number of hydrogen-bond acceptors (Lipinski definition) is 15. The van der Waals surface area contributed by atoms with Gasteiger partial charge in [0.05, 0.1) is 26.4 Å². The topological polar surface area (TPSA) is 237 Å². The molecule has 0 aromatic carbocycles. The van der Waals surface area contributed by atoms with E-state index in [1.165, 1.54) is 148 Å². The molecule has 522 valence electrons. The largest absolute Gasteiger partial charge is 0.472 e. The maximum absolute atomic E-state index is 13.0. The number of unbranched alkanes of at least 4 members (excludes halogenated alkanes) is 35. The molecule has 0 saturated heterocycles. The Morgan fingerprint density at radius 3 is 0.773 bits per heavy atom. The SMILES string of the molecule is CCCCCCCCCCC(=O)OC[C@H](COP(=O)(O)OC[C@H](O)COP(=O)(O)OC[C@@H](COC(=O)CCCCCCCCCCCCC(C)C)OC(=O)CCCCCCCCCCCCCCCC(C)C)OC(=O)CCCCCCCCCCC(C)C. The lowest BCUT2D eigenvalue weighted by Gasteiger charge is -2.21. The van der Waals surface area contributed by atoms with Gasteiger partial charge in [0.25, 0.3) is 0 Å². The first kappa shape index (κ1) is 86.1. The van der Waals surface area contributed by atoms with E-state index in [9.17, 15) is 43.2 Å². The van der Waals surface area contributed by atoms with Crippen LogP contribution in [0.5, 0.6) is 0 Å². The van der Waals surface area contributed by atoms with E-state index >= 15 is 0 Å². The van der Waals surface area contributed by atoms with E-state index in [1.807, 2.05) is 0 Å². The molecule has 0 aromatic heterocycles. The van der Waals surface area contributed by atoms with Crippen molar-refractivity contribution in [2.45, 2.75) is 362 Å². The molecule has 0 rings (SSSR count). The average Bonchev–Trinajstić information content (AvgIpc) is 3.40. The van der Waals surface area contributed by atoms with Crippen LogP contribution in [-0.4, -0.2) is 96.7 Å². The molecule has 5 atom stereocenters. The van der Waals surface area contributed by atoms with E-state index in [-0.39, 0.29) is 25.7 Å². The predicted molar refractivity (Wildman–Crippen MR) is 354 cm³/mol. The summed E-state index contributed by atoms with van der Waals surface area (Å²) in [5.41, 5.74) is 0. The van der Waals surface area contributed by atoms with Crippen LogP contribution in [0.3, 0.4) is 0 Å². The fourth-order valence-corrected chi connectivity index (χ4v) is 11.9. The van der Waals surface area contributed by atoms with Gasteiger partial charge in [-0.3, -0.25) is 37.3 Å². The third-order valence-corrected chi connectivity index (χ3v) is 17.8. The van der Waals surface area contributed by atoms with Crippen molar-refractivity contribution in [1.29, 1.82) is 0 Å². The van der Waals surface area contributed by atoms with Gasteiger partial charge in [-0.25, -0.2) is 9.13 Å². The van der Waals surface area contributed by atoms with Crippen molar-refractivity contribution in [1.82, 2.24) is 0 Å². The van der Waals surface area contributed by atoms with E-state index in [0.717, 1.165) is 114 Å². The van der Waals surface area contributed by atoms with Crippen molar-refractivity contribution < 1.29 is 80.2 Å². The minimum Gasteiger partial charge on any atom is -0.462 e. The fraction of sp³-hybridized carbons (Fsp3) is 0.942. The van der Waals surface area contributed by atoms with E-state index < -0.39 is 97.5 Å². The first-order valence-corrected chi connectivity index (χ1v) is 38.8. The van der Waals surface area contributed by atoms with Crippen LogP contribution < -0.4 is 0 Å². The molecule has 19 heteroatoms. The molecular weight excluding hydrogens is 1160 g/mol. The van der Waals surface area contributed by atoms with E-state index in [4.69, 9.17) is 37.0 Å². The number of phosphoric ester groups is 2. The van der Waals surface area contributed by atoms with Crippen LogP contribution in [-0.2, 0) is 65.4 Å². The van der Waals surface area contributed by atoms with Crippen LogP contribution in [0, 0.1) is 17.8 Å². The Labute approximate surface area is 537 Å². The van der Waals surface area contributed by atoms with E-state index in [2.05, 4.69) is 48.5 Å². The summed E-state index contributed by atoms with van der Waals surface area (Å²) in [5.74, 6) is 0.132. The summed E-state index contributed by atoms with van der Waals surface area (Å²) in [6, 6.07) is 0. The Hall–Kier alpha value is -1.94. The smallest absolute Gasteiger partial charge is 0.462 e. The van der Waals surface area contributed by atoms with Crippen molar-refractivity contribution >= 4 is 39.5 Å². The van der Waals surface area contributed by atoms with Crippen LogP contribution in [0.1, 0.15) is 344 Å². The Balaban J connectivity index is 5.23. The number of hydrogen-bond donors (Lipinski definition) is 3. The summed E-state index contributed by atoms with van der Waals surface area (Å²) in [5, 5.41) is 10.6. The molecule has 0 aliphatic heterocycles. The molecule has 0 aromatic rings. The zero-order valence-corrected chi connectivity index (χ0v) is 59.0. The van der Waals surface area contributed by atoms with Gasteiger partial charge in [-0.15, -0.1) is 0 Å². The number of ether oxygens (including phenoxy) is 4. The van der Waals surface area contributed by atoms with E-state index in [1.54, 1.807) is 0 Å². The maximum Gasteiger partial charge on any atom is 0.472 e.